The molecule has 0 unspecified atom stereocenters. The molecule has 4 aromatic rings. The zero-order valence-corrected chi connectivity index (χ0v) is 15.1. The standard InChI is InChI=1S/C16H16N8OS/c1-3-23(4-2)12-7-5-11(6-8-12)15-18-19-16(25-15)26-14-10-9-13-17-21-22-24(13)20-14/h5-10H,3-4H2,1-2H3. The summed E-state index contributed by atoms with van der Waals surface area (Å²) in [5.41, 5.74) is 2.63. The molecule has 9 nitrogen and oxygen atoms in total. The zero-order chi connectivity index (χ0) is 17.9. The van der Waals surface area contributed by atoms with E-state index in [1.54, 1.807) is 12.1 Å². The Balaban J connectivity index is 1.52. The van der Waals surface area contributed by atoms with Crippen LogP contribution >= 0.6 is 11.8 Å². The molecule has 26 heavy (non-hydrogen) atoms. The summed E-state index contributed by atoms with van der Waals surface area (Å²) >= 11 is 1.26. The molecule has 0 N–H and O–H groups in total. The van der Waals surface area contributed by atoms with Crippen LogP contribution in [0.1, 0.15) is 13.8 Å². The van der Waals surface area contributed by atoms with Gasteiger partial charge in [0.2, 0.25) is 5.89 Å². The van der Waals surface area contributed by atoms with Crippen LogP contribution in [0, 0.1) is 0 Å². The number of benzene rings is 1. The van der Waals surface area contributed by atoms with Crippen molar-refractivity contribution in [3.63, 3.8) is 0 Å². The van der Waals surface area contributed by atoms with Crippen molar-refractivity contribution in [2.75, 3.05) is 18.0 Å². The number of fused-ring (bicyclic) bond motifs is 1. The van der Waals surface area contributed by atoms with Crippen LogP contribution in [0.2, 0.25) is 0 Å². The maximum absolute atomic E-state index is 5.75. The lowest BCUT2D eigenvalue weighted by atomic mass is 10.2. The van der Waals surface area contributed by atoms with Gasteiger partial charge < -0.3 is 9.32 Å². The third-order valence-corrected chi connectivity index (χ3v) is 4.65. The molecule has 0 amide bonds. The number of hydrogen-bond donors (Lipinski definition) is 0. The number of aromatic nitrogens is 7. The van der Waals surface area contributed by atoms with Crippen LogP contribution in [0.15, 0.2) is 51.1 Å². The van der Waals surface area contributed by atoms with E-state index in [9.17, 15) is 0 Å². The van der Waals surface area contributed by atoms with Gasteiger partial charge in [-0.25, -0.2) is 0 Å². The van der Waals surface area contributed by atoms with Crippen LogP contribution in [0.3, 0.4) is 0 Å². The van der Waals surface area contributed by atoms with E-state index in [1.807, 2.05) is 12.1 Å². The van der Waals surface area contributed by atoms with Gasteiger partial charge in [0.15, 0.2) is 5.65 Å². The molecule has 0 radical (unpaired) electrons. The summed E-state index contributed by atoms with van der Waals surface area (Å²) in [4.78, 5) is 2.28. The predicted octanol–water partition coefficient (Wildman–Crippen LogP) is 2.57. The second-order valence-electron chi connectivity index (χ2n) is 5.39. The normalized spacial score (nSPS) is 11.2. The van der Waals surface area contributed by atoms with E-state index in [4.69, 9.17) is 4.42 Å². The molecule has 10 heteroatoms. The van der Waals surface area contributed by atoms with Gasteiger partial charge in [-0.05, 0) is 72.4 Å². The molecule has 0 saturated heterocycles. The van der Waals surface area contributed by atoms with Gasteiger partial charge in [-0.3, -0.25) is 0 Å². The Morgan fingerprint density at radius 2 is 1.81 bits per heavy atom. The van der Waals surface area contributed by atoms with Crippen molar-refractivity contribution in [3.05, 3.63) is 36.4 Å². The Labute approximate surface area is 153 Å². The fourth-order valence-corrected chi connectivity index (χ4v) is 3.18. The molecular weight excluding hydrogens is 352 g/mol. The molecule has 3 aromatic heterocycles. The molecule has 0 saturated carbocycles. The highest BCUT2D eigenvalue weighted by Gasteiger charge is 2.12. The fraction of sp³-hybridized carbons (Fsp3) is 0.250. The van der Waals surface area contributed by atoms with E-state index >= 15 is 0 Å². The molecule has 0 aliphatic carbocycles. The van der Waals surface area contributed by atoms with Crippen molar-refractivity contribution in [3.8, 4) is 11.5 Å². The number of anilines is 1. The number of hydrogen-bond acceptors (Lipinski definition) is 9. The Hall–Kier alpha value is -3.01. The van der Waals surface area contributed by atoms with Crippen molar-refractivity contribution >= 4 is 23.1 Å². The topological polar surface area (TPSA) is 98.1 Å². The molecule has 0 bridgehead atoms. The molecule has 0 fully saturated rings. The molecule has 0 aliphatic heterocycles. The van der Waals surface area contributed by atoms with Gasteiger partial charge in [-0.2, -0.15) is 0 Å². The number of rotatable bonds is 6. The summed E-state index contributed by atoms with van der Waals surface area (Å²) in [5.74, 6) is 0.474. The van der Waals surface area contributed by atoms with E-state index in [0.29, 0.717) is 21.8 Å². The van der Waals surface area contributed by atoms with Gasteiger partial charge in [0, 0.05) is 24.3 Å². The van der Waals surface area contributed by atoms with Gasteiger partial charge in [-0.15, -0.1) is 25.0 Å². The van der Waals surface area contributed by atoms with Crippen LogP contribution < -0.4 is 4.90 Å². The fourth-order valence-electron chi connectivity index (χ4n) is 2.55. The molecule has 4 rings (SSSR count). The Morgan fingerprint density at radius 3 is 2.58 bits per heavy atom. The molecule has 132 valence electrons. The van der Waals surface area contributed by atoms with Crippen LogP contribution in [-0.4, -0.2) is 48.5 Å². The highest BCUT2D eigenvalue weighted by atomic mass is 32.2. The largest absolute Gasteiger partial charge is 0.411 e. The first-order valence-corrected chi connectivity index (χ1v) is 9.00. The minimum Gasteiger partial charge on any atom is -0.411 e. The van der Waals surface area contributed by atoms with Crippen molar-refractivity contribution in [2.45, 2.75) is 24.1 Å². The summed E-state index contributed by atoms with van der Waals surface area (Å²) < 4.78 is 7.10. The van der Waals surface area contributed by atoms with Crippen molar-refractivity contribution in [2.24, 2.45) is 0 Å². The summed E-state index contributed by atoms with van der Waals surface area (Å²) in [6.45, 7) is 6.21. The van der Waals surface area contributed by atoms with Crippen molar-refractivity contribution in [1.29, 1.82) is 0 Å². The second kappa shape index (κ2) is 7.08. The number of nitrogens with zero attached hydrogens (tertiary/aromatic N) is 8. The zero-order valence-electron chi connectivity index (χ0n) is 14.3. The Kier molecular flexibility index (Phi) is 4.48. The molecule has 0 aliphatic rings. The monoisotopic (exact) mass is 368 g/mol. The summed E-state index contributed by atoms with van der Waals surface area (Å²) in [7, 11) is 0. The smallest absolute Gasteiger partial charge is 0.283 e. The van der Waals surface area contributed by atoms with E-state index in [1.165, 1.54) is 22.1 Å². The quantitative estimate of drug-likeness (QED) is 0.508. The Bertz CT molecular complexity index is 1010. The molecule has 0 atom stereocenters. The maximum Gasteiger partial charge on any atom is 0.283 e. The summed E-state index contributed by atoms with van der Waals surface area (Å²) in [6, 6.07) is 11.7. The van der Waals surface area contributed by atoms with Crippen molar-refractivity contribution in [1.82, 2.24) is 35.5 Å². The Morgan fingerprint density at radius 1 is 1.00 bits per heavy atom. The SMILES string of the molecule is CCN(CC)c1ccc(-c2nnc(Sc3ccc4nnnn4n3)o2)cc1. The first-order valence-electron chi connectivity index (χ1n) is 8.19. The van der Waals surface area contributed by atoms with E-state index in [0.717, 1.165) is 18.7 Å². The van der Waals surface area contributed by atoms with Gasteiger partial charge >= 0.3 is 0 Å². The summed E-state index contributed by atoms with van der Waals surface area (Å²) in [5, 5.41) is 24.7. The molecule has 3 heterocycles. The predicted molar refractivity (Wildman–Crippen MR) is 96.0 cm³/mol. The second-order valence-corrected chi connectivity index (χ2v) is 6.36. The minimum absolute atomic E-state index is 0.410. The van der Waals surface area contributed by atoms with Gasteiger partial charge in [0.1, 0.15) is 5.03 Å². The first kappa shape index (κ1) is 16.5. The van der Waals surface area contributed by atoms with Gasteiger partial charge in [0.05, 0.1) is 0 Å². The molecule has 0 spiro atoms. The average molecular weight is 368 g/mol. The third-order valence-electron chi connectivity index (χ3n) is 3.89. The van der Waals surface area contributed by atoms with Crippen molar-refractivity contribution < 1.29 is 4.42 Å². The summed E-state index contributed by atoms with van der Waals surface area (Å²) in [6.07, 6.45) is 0. The van der Waals surface area contributed by atoms with E-state index in [2.05, 4.69) is 61.7 Å². The maximum atomic E-state index is 5.75. The third kappa shape index (κ3) is 3.23. The van der Waals surface area contributed by atoms with E-state index < -0.39 is 0 Å². The highest BCUT2D eigenvalue weighted by Crippen LogP contribution is 2.28. The lowest BCUT2D eigenvalue weighted by molar-refractivity contribution is 0.465. The van der Waals surface area contributed by atoms with Gasteiger partial charge in [-0.1, -0.05) is 0 Å². The lowest BCUT2D eigenvalue weighted by Crippen LogP contribution is -2.21. The van der Waals surface area contributed by atoms with E-state index in [-0.39, 0.29) is 0 Å². The number of tetrazole rings is 1. The van der Waals surface area contributed by atoms with Crippen LogP contribution in [0.4, 0.5) is 5.69 Å². The minimum atomic E-state index is 0.410. The molecule has 1 aromatic carbocycles. The highest BCUT2D eigenvalue weighted by molar-refractivity contribution is 7.99. The van der Waals surface area contributed by atoms with Crippen LogP contribution in [0.5, 0.6) is 0 Å². The first-order chi connectivity index (χ1) is 12.8. The molecular formula is C16H16N8OS. The average Bonchev–Trinajstić information content (AvgIpc) is 3.32. The van der Waals surface area contributed by atoms with Crippen LogP contribution in [0.25, 0.3) is 17.1 Å². The van der Waals surface area contributed by atoms with Gasteiger partial charge in [0.25, 0.3) is 5.22 Å². The van der Waals surface area contributed by atoms with Crippen LogP contribution in [-0.2, 0) is 0 Å². The lowest BCUT2D eigenvalue weighted by Gasteiger charge is -2.20.